The summed E-state index contributed by atoms with van der Waals surface area (Å²) in [5.41, 5.74) is 5.89. The van der Waals surface area contributed by atoms with E-state index in [1.165, 1.54) is 45.1 Å². The van der Waals surface area contributed by atoms with Crippen LogP contribution in [0.1, 0.15) is 38.5 Å². The summed E-state index contributed by atoms with van der Waals surface area (Å²) in [7, 11) is 0. The molecule has 2 aliphatic heterocycles. The zero-order valence-electron chi connectivity index (χ0n) is 12.0. The standard InChI is InChI=1S/C15H29N3O/c16-9-12-3-1-2-4-15(12)17-7-8-18-10-13-5-6-14(11-18)19-13/h12-15,17H,1-11,16H2. The van der Waals surface area contributed by atoms with E-state index in [4.69, 9.17) is 10.5 Å². The minimum atomic E-state index is 0.519. The molecular formula is C15H29N3O. The van der Waals surface area contributed by atoms with Gasteiger partial charge in [-0.3, -0.25) is 4.90 Å². The molecule has 1 saturated carbocycles. The van der Waals surface area contributed by atoms with Crippen molar-refractivity contribution >= 4 is 0 Å². The van der Waals surface area contributed by atoms with Crippen LogP contribution in [-0.2, 0) is 4.74 Å². The Bertz CT molecular complexity index is 275. The smallest absolute Gasteiger partial charge is 0.0707 e. The number of fused-ring (bicyclic) bond motifs is 2. The van der Waals surface area contributed by atoms with E-state index >= 15 is 0 Å². The predicted octanol–water partition coefficient (Wildman–Crippen LogP) is 0.957. The van der Waals surface area contributed by atoms with Gasteiger partial charge in [-0.1, -0.05) is 12.8 Å². The van der Waals surface area contributed by atoms with Gasteiger partial charge in [-0.15, -0.1) is 0 Å². The second-order valence-corrected chi connectivity index (χ2v) is 6.56. The molecule has 110 valence electrons. The van der Waals surface area contributed by atoms with Gasteiger partial charge in [0.25, 0.3) is 0 Å². The highest BCUT2D eigenvalue weighted by molar-refractivity contribution is 4.86. The van der Waals surface area contributed by atoms with Crippen LogP contribution >= 0.6 is 0 Å². The zero-order chi connectivity index (χ0) is 13.1. The van der Waals surface area contributed by atoms with E-state index in [1.807, 2.05) is 0 Å². The molecule has 3 aliphatic rings. The van der Waals surface area contributed by atoms with Crippen LogP contribution in [0.3, 0.4) is 0 Å². The first-order chi connectivity index (χ1) is 9.35. The maximum Gasteiger partial charge on any atom is 0.0707 e. The van der Waals surface area contributed by atoms with Gasteiger partial charge in [0.05, 0.1) is 12.2 Å². The summed E-state index contributed by atoms with van der Waals surface area (Å²) < 4.78 is 5.88. The Balaban J connectivity index is 1.38. The summed E-state index contributed by atoms with van der Waals surface area (Å²) >= 11 is 0. The molecule has 0 aromatic heterocycles. The molecule has 0 amide bonds. The SMILES string of the molecule is NCC1CCCCC1NCCN1CC2CCC(C1)O2. The van der Waals surface area contributed by atoms with Gasteiger partial charge in [0.15, 0.2) is 0 Å². The molecule has 4 nitrogen and oxygen atoms in total. The quantitative estimate of drug-likeness (QED) is 0.779. The van der Waals surface area contributed by atoms with Crippen molar-refractivity contribution < 1.29 is 4.74 Å². The first-order valence-corrected chi connectivity index (χ1v) is 8.16. The second kappa shape index (κ2) is 6.53. The Morgan fingerprint density at radius 1 is 1.05 bits per heavy atom. The lowest BCUT2D eigenvalue weighted by atomic mass is 9.84. The lowest BCUT2D eigenvalue weighted by Crippen LogP contribution is -2.48. The van der Waals surface area contributed by atoms with Crippen LogP contribution < -0.4 is 11.1 Å². The van der Waals surface area contributed by atoms with Gasteiger partial charge in [-0.05, 0) is 38.1 Å². The molecule has 0 radical (unpaired) electrons. The van der Waals surface area contributed by atoms with Crippen molar-refractivity contribution in [3.63, 3.8) is 0 Å². The van der Waals surface area contributed by atoms with Crippen molar-refractivity contribution in [1.82, 2.24) is 10.2 Å². The Morgan fingerprint density at radius 2 is 1.79 bits per heavy atom. The number of ether oxygens (including phenoxy) is 1. The lowest BCUT2D eigenvalue weighted by Gasteiger charge is -2.34. The van der Waals surface area contributed by atoms with Crippen molar-refractivity contribution in [3.05, 3.63) is 0 Å². The van der Waals surface area contributed by atoms with Crippen LogP contribution in [0.15, 0.2) is 0 Å². The maximum absolute atomic E-state index is 5.89. The van der Waals surface area contributed by atoms with Gasteiger partial charge in [0.2, 0.25) is 0 Å². The van der Waals surface area contributed by atoms with Crippen LogP contribution in [0.25, 0.3) is 0 Å². The zero-order valence-corrected chi connectivity index (χ0v) is 12.0. The van der Waals surface area contributed by atoms with Crippen LogP contribution in [0.2, 0.25) is 0 Å². The van der Waals surface area contributed by atoms with Crippen LogP contribution in [-0.4, -0.2) is 55.9 Å². The fourth-order valence-electron chi connectivity index (χ4n) is 4.05. The highest BCUT2D eigenvalue weighted by Crippen LogP contribution is 2.26. The highest BCUT2D eigenvalue weighted by Gasteiger charge is 2.33. The van der Waals surface area contributed by atoms with E-state index in [0.717, 1.165) is 26.2 Å². The summed E-state index contributed by atoms with van der Waals surface area (Å²) in [6, 6.07) is 0.663. The van der Waals surface area contributed by atoms with Crippen LogP contribution in [0.4, 0.5) is 0 Å². The number of hydrogen-bond donors (Lipinski definition) is 2. The van der Waals surface area contributed by atoms with Crippen LogP contribution in [0, 0.1) is 5.92 Å². The van der Waals surface area contributed by atoms with Gasteiger partial charge in [0.1, 0.15) is 0 Å². The van der Waals surface area contributed by atoms with E-state index in [9.17, 15) is 0 Å². The molecule has 0 aromatic rings. The van der Waals surface area contributed by atoms with E-state index in [1.54, 1.807) is 0 Å². The average Bonchev–Trinajstić information content (AvgIpc) is 2.78. The lowest BCUT2D eigenvalue weighted by molar-refractivity contribution is -0.0379. The van der Waals surface area contributed by atoms with E-state index in [2.05, 4.69) is 10.2 Å². The Morgan fingerprint density at radius 3 is 2.53 bits per heavy atom. The molecule has 2 saturated heterocycles. The number of morpholine rings is 1. The number of nitrogens with two attached hydrogens (primary N) is 1. The Labute approximate surface area is 117 Å². The molecule has 2 bridgehead atoms. The number of hydrogen-bond acceptors (Lipinski definition) is 4. The fraction of sp³-hybridized carbons (Fsp3) is 1.00. The van der Waals surface area contributed by atoms with Crippen molar-refractivity contribution in [2.24, 2.45) is 11.7 Å². The predicted molar refractivity (Wildman–Crippen MR) is 77.1 cm³/mol. The topological polar surface area (TPSA) is 50.5 Å². The summed E-state index contributed by atoms with van der Waals surface area (Å²) in [5, 5.41) is 3.76. The molecule has 4 heteroatoms. The molecule has 4 unspecified atom stereocenters. The fourth-order valence-corrected chi connectivity index (χ4v) is 4.05. The summed E-state index contributed by atoms with van der Waals surface area (Å²) in [5.74, 6) is 0.703. The van der Waals surface area contributed by atoms with Crippen LogP contribution in [0.5, 0.6) is 0 Å². The molecule has 4 atom stereocenters. The van der Waals surface area contributed by atoms with E-state index < -0.39 is 0 Å². The van der Waals surface area contributed by atoms with Gasteiger partial charge in [-0.2, -0.15) is 0 Å². The molecule has 1 aliphatic carbocycles. The largest absolute Gasteiger partial charge is 0.372 e. The first-order valence-electron chi connectivity index (χ1n) is 8.16. The average molecular weight is 267 g/mol. The molecule has 3 N–H and O–H groups in total. The normalized spacial score (nSPS) is 39.6. The summed E-state index contributed by atoms with van der Waals surface area (Å²) in [6.45, 7) is 5.41. The van der Waals surface area contributed by atoms with Gasteiger partial charge >= 0.3 is 0 Å². The Hall–Kier alpha value is -0.160. The van der Waals surface area contributed by atoms with E-state index in [-0.39, 0.29) is 0 Å². The minimum absolute atomic E-state index is 0.519. The van der Waals surface area contributed by atoms with Gasteiger partial charge in [0, 0.05) is 32.2 Å². The number of nitrogens with one attached hydrogen (secondary N) is 1. The number of likely N-dealkylation sites (tertiary alicyclic amines) is 1. The maximum atomic E-state index is 5.89. The summed E-state index contributed by atoms with van der Waals surface area (Å²) in [4.78, 5) is 2.58. The molecule has 3 fully saturated rings. The minimum Gasteiger partial charge on any atom is -0.372 e. The molecule has 2 heterocycles. The monoisotopic (exact) mass is 267 g/mol. The molecule has 19 heavy (non-hydrogen) atoms. The van der Waals surface area contributed by atoms with Gasteiger partial charge < -0.3 is 15.8 Å². The number of rotatable bonds is 5. The third-order valence-electron chi connectivity index (χ3n) is 5.17. The van der Waals surface area contributed by atoms with Crippen molar-refractivity contribution in [3.8, 4) is 0 Å². The molecule has 3 rings (SSSR count). The third kappa shape index (κ3) is 3.48. The number of nitrogens with zero attached hydrogens (tertiary/aromatic N) is 1. The van der Waals surface area contributed by atoms with Crippen molar-refractivity contribution in [2.45, 2.75) is 56.8 Å². The first kappa shape index (κ1) is 13.8. The second-order valence-electron chi connectivity index (χ2n) is 6.56. The molecule has 0 aromatic carbocycles. The van der Waals surface area contributed by atoms with Gasteiger partial charge in [-0.25, -0.2) is 0 Å². The Kier molecular flexibility index (Phi) is 4.74. The van der Waals surface area contributed by atoms with E-state index in [0.29, 0.717) is 24.2 Å². The highest BCUT2D eigenvalue weighted by atomic mass is 16.5. The summed E-state index contributed by atoms with van der Waals surface area (Å²) in [6.07, 6.45) is 8.95. The van der Waals surface area contributed by atoms with Crippen molar-refractivity contribution in [1.29, 1.82) is 0 Å². The third-order valence-corrected chi connectivity index (χ3v) is 5.17. The molecule has 0 spiro atoms. The molecular weight excluding hydrogens is 238 g/mol. The van der Waals surface area contributed by atoms with Crippen molar-refractivity contribution in [2.75, 3.05) is 32.7 Å².